The molecular weight excluding hydrogens is 354 g/mol. The number of rotatable bonds is 6. The number of carbonyl (C=O) groups excluding carboxylic acids is 1. The standard InChI is InChI=1S/C20H22F2N2O3/c1-20(2,3)15-8-6-14(7-9-15)18(25)24-23-12-13-5-10-16(27-19(21)22)17(11-13)26-4/h5-12,19H,1-4H3,(H,24,25)/b23-12-. The molecule has 5 nitrogen and oxygen atoms in total. The molecule has 0 fully saturated rings. The second kappa shape index (κ2) is 8.62. The summed E-state index contributed by atoms with van der Waals surface area (Å²) >= 11 is 0. The van der Waals surface area contributed by atoms with Crippen LogP contribution < -0.4 is 14.9 Å². The zero-order valence-corrected chi connectivity index (χ0v) is 15.6. The molecule has 1 amide bonds. The van der Waals surface area contributed by atoms with E-state index in [4.69, 9.17) is 4.74 Å². The van der Waals surface area contributed by atoms with Gasteiger partial charge in [0.15, 0.2) is 11.5 Å². The number of methoxy groups -OCH3 is 1. The fourth-order valence-electron chi connectivity index (χ4n) is 2.31. The lowest BCUT2D eigenvalue weighted by Crippen LogP contribution is -2.18. The Bertz CT molecular complexity index is 813. The van der Waals surface area contributed by atoms with Crippen molar-refractivity contribution in [3.63, 3.8) is 0 Å². The van der Waals surface area contributed by atoms with Crippen LogP contribution in [0.25, 0.3) is 0 Å². The molecule has 0 unspecified atom stereocenters. The molecule has 0 heterocycles. The van der Waals surface area contributed by atoms with Crippen LogP contribution in [0, 0.1) is 0 Å². The van der Waals surface area contributed by atoms with Gasteiger partial charge in [-0.25, -0.2) is 5.43 Å². The molecule has 7 heteroatoms. The quantitative estimate of drug-likeness (QED) is 0.602. The van der Waals surface area contributed by atoms with Gasteiger partial charge in [-0.15, -0.1) is 0 Å². The largest absolute Gasteiger partial charge is 0.493 e. The smallest absolute Gasteiger partial charge is 0.387 e. The highest BCUT2D eigenvalue weighted by Gasteiger charge is 2.14. The highest BCUT2D eigenvalue weighted by molar-refractivity contribution is 5.95. The average molecular weight is 376 g/mol. The summed E-state index contributed by atoms with van der Waals surface area (Å²) in [5.41, 5.74) is 4.60. The number of amides is 1. The maximum atomic E-state index is 12.3. The number of alkyl halides is 2. The van der Waals surface area contributed by atoms with E-state index >= 15 is 0 Å². The molecule has 27 heavy (non-hydrogen) atoms. The van der Waals surface area contributed by atoms with Gasteiger partial charge in [0.25, 0.3) is 5.91 Å². The van der Waals surface area contributed by atoms with Crippen LogP contribution >= 0.6 is 0 Å². The van der Waals surface area contributed by atoms with Gasteiger partial charge in [-0.3, -0.25) is 4.79 Å². The van der Waals surface area contributed by atoms with Crippen molar-refractivity contribution in [3.8, 4) is 11.5 Å². The molecule has 2 aromatic carbocycles. The molecule has 0 spiro atoms. The second-order valence-electron chi connectivity index (χ2n) is 6.82. The predicted molar refractivity (Wildman–Crippen MR) is 99.8 cm³/mol. The second-order valence-corrected chi connectivity index (χ2v) is 6.82. The molecule has 0 radical (unpaired) electrons. The summed E-state index contributed by atoms with van der Waals surface area (Å²) in [6.07, 6.45) is 1.39. The number of carbonyl (C=O) groups is 1. The number of hydrogen-bond donors (Lipinski definition) is 1. The van der Waals surface area contributed by atoms with E-state index in [0.29, 0.717) is 11.1 Å². The van der Waals surface area contributed by atoms with Gasteiger partial charge in [-0.2, -0.15) is 13.9 Å². The lowest BCUT2D eigenvalue weighted by atomic mass is 9.87. The Hall–Kier alpha value is -2.96. The van der Waals surface area contributed by atoms with Gasteiger partial charge in [-0.1, -0.05) is 32.9 Å². The first kappa shape index (κ1) is 20.4. The molecule has 0 aliphatic carbocycles. The minimum Gasteiger partial charge on any atom is -0.493 e. The summed E-state index contributed by atoms with van der Waals surface area (Å²) in [6.45, 7) is 3.34. The van der Waals surface area contributed by atoms with Crippen molar-refractivity contribution in [2.24, 2.45) is 5.10 Å². The van der Waals surface area contributed by atoms with Gasteiger partial charge in [0.2, 0.25) is 0 Å². The number of ether oxygens (including phenoxy) is 2. The number of halogens is 2. The third kappa shape index (κ3) is 5.77. The first-order valence-electron chi connectivity index (χ1n) is 8.27. The maximum absolute atomic E-state index is 12.3. The normalized spacial score (nSPS) is 11.7. The molecule has 0 bridgehead atoms. The van der Waals surface area contributed by atoms with Gasteiger partial charge >= 0.3 is 6.61 Å². The van der Waals surface area contributed by atoms with E-state index in [2.05, 4.69) is 36.0 Å². The molecule has 0 aliphatic rings. The van der Waals surface area contributed by atoms with Crippen LogP contribution in [-0.4, -0.2) is 25.8 Å². The van der Waals surface area contributed by atoms with Crippen LogP contribution in [0.5, 0.6) is 11.5 Å². The SMILES string of the molecule is COc1cc(/C=N\NC(=O)c2ccc(C(C)(C)C)cc2)ccc1OC(F)F. The zero-order valence-electron chi connectivity index (χ0n) is 15.6. The average Bonchev–Trinajstić information content (AvgIpc) is 2.61. The van der Waals surface area contributed by atoms with E-state index in [9.17, 15) is 13.6 Å². The summed E-state index contributed by atoms with van der Waals surface area (Å²) in [5, 5.41) is 3.89. The Balaban J connectivity index is 2.03. The summed E-state index contributed by atoms with van der Waals surface area (Å²) in [6, 6.07) is 11.6. The number of benzene rings is 2. The van der Waals surface area contributed by atoms with Crippen molar-refractivity contribution < 1.29 is 23.0 Å². The van der Waals surface area contributed by atoms with Crippen LogP contribution in [0.15, 0.2) is 47.6 Å². The zero-order chi connectivity index (χ0) is 20.0. The van der Waals surface area contributed by atoms with Crippen LogP contribution in [0.4, 0.5) is 8.78 Å². The van der Waals surface area contributed by atoms with Crippen molar-refractivity contribution >= 4 is 12.1 Å². The van der Waals surface area contributed by atoms with E-state index in [1.165, 1.54) is 31.5 Å². The van der Waals surface area contributed by atoms with Crippen LogP contribution in [-0.2, 0) is 5.41 Å². The minimum atomic E-state index is -2.94. The molecule has 2 aromatic rings. The highest BCUT2D eigenvalue weighted by atomic mass is 19.3. The predicted octanol–water partition coefficient (Wildman–Crippen LogP) is 4.36. The van der Waals surface area contributed by atoms with Crippen LogP contribution in [0.2, 0.25) is 0 Å². The maximum Gasteiger partial charge on any atom is 0.387 e. The molecule has 0 aromatic heterocycles. The molecule has 0 saturated heterocycles. The molecule has 2 rings (SSSR count). The van der Waals surface area contributed by atoms with E-state index < -0.39 is 6.61 Å². The van der Waals surface area contributed by atoms with Crippen molar-refractivity contribution in [3.05, 3.63) is 59.2 Å². The number of nitrogens with one attached hydrogen (secondary N) is 1. The molecule has 0 aliphatic heterocycles. The topological polar surface area (TPSA) is 59.9 Å². The Morgan fingerprint density at radius 2 is 1.78 bits per heavy atom. The van der Waals surface area contributed by atoms with Gasteiger partial charge in [-0.05, 0) is 46.9 Å². The Kier molecular flexibility index (Phi) is 6.50. The minimum absolute atomic E-state index is 0.00636. The highest BCUT2D eigenvalue weighted by Crippen LogP contribution is 2.29. The van der Waals surface area contributed by atoms with Gasteiger partial charge < -0.3 is 9.47 Å². The lowest BCUT2D eigenvalue weighted by Gasteiger charge is -2.18. The molecule has 1 N–H and O–H groups in total. The third-order valence-corrected chi connectivity index (χ3v) is 3.80. The molecule has 0 saturated carbocycles. The van der Waals surface area contributed by atoms with Crippen molar-refractivity contribution in [2.45, 2.75) is 32.8 Å². The third-order valence-electron chi connectivity index (χ3n) is 3.80. The Morgan fingerprint density at radius 3 is 2.33 bits per heavy atom. The Labute approximate surface area is 157 Å². The summed E-state index contributed by atoms with van der Waals surface area (Å²) in [4.78, 5) is 12.1. The molecule has 0 atom stereocenters. The van der Waals surface area contributed by atoms with Crippen molar-refractivity contribution in [2.75, 3.05) is 7.11 Å². The van der Waals surface area contributed by atoms with E-state index in [-0.39, 0.29) is 22.8 Å². The fraction of sp³-hybridized carbons (Fsp3) is 0.300. The fourth-order valence-corrected chi connectivity index (χ4v) is 2.31. The number of hydrazone groups is 1. The Morgan fingerprint density at radius 1 is 1.11 bits per heavy atom. The lowest BCUT2D eigenvalue weighted by molar-refractivity contribution is -0.0512. The van der Waals surface area contributed by atoms with Crippen molar-refractivity contribution in [1.29, 1.82) is 0 Å². The van der Waals surface area contributed by atoms with Crippen molar-refractivity contribution in [1.82, 2.24) is 5.43 Å². The van der Waals surface area contributed by atoms with Crippen LogP contribution in [0.3, 0.4) is 0 Å². The first-order valence-corrected chi connectivity index (χ1v) is 8.27. The van der Waals surface area contributed by atoms with Gasteiger partial charge in [0.1, 0.15) is 0 Å². The van der Waals surface area contributed by atoms with E-state index in [1.807, 2.05) is 12.1 Å². The first-order chi connectivity index (χ1) is 12.7. The monoisotopic (exact) mass is 376 g/mol. The van der Waals surface area contributed by atoms with Crippen LogP contribution in [0.1, 0.15) is 42.3 Å². The summed E-state index contributed by atoms with van der Waals surface area (Å²) in [5.74, 6) is -0.285. The van der Waals surface area contributed by atoms with Gasteiger partial charge in [0, 0.05) is 5.56 Å². The number of nitrogens with zero attached hydrogens (tertiary/aromatic N) is 1. The van der Waals surface area contributed by atoms with Gasteiger partial charge in [0.05, 0.1) is 13.3 Å². The summed E-state index contributed by atoms with van der Waals surface area (Å²) < 4.78 is 34.0. The van der Waals surface area contributed by atoms with E-state index in [0.717, 1.165) is 5.56 Å². The van der Waals surface area contributed by atoms with E-state index in [1.54, 1.807) is 12.1 Å². The number of hydrogen-bond acceptors (Lipinski definition) is 4. The molecule has 144 valence electrons. The summed E-state index contributed by atoms with van der Waals surface area (Å²) in [7, 11) is 1.34. The molecular formula is C20H22F2N2O3.